The summed E-state index contributed by atoms with van der Waals surface area (Å²) in [7, 11) is 0. The number of unbranched alkanes of at least 4 members (excludes halogenated alkanes) is 1. The van der Waals surface area contributed by atoms with E-state index >= 15 is 0 Å². The first-order chi connectivity index (χ1) is 9.06. The van der Waals surface area contributed by atoms with Gasteiger partial charge in [0.05, 0.1) is 6.61 Å². The smallest absolute Gasteiger partial charge is 0.0610 e. The van der Waals surface area contributed by atoms with E-state index in [1.807, 2.05) is 0 Å². The van der Waals surface area contributed by atoms with Gasteiger partial charge in [0, 0.05) is 30.0 Å². The maximum Gasteiger partial charge on any atom is 0.0610 e. The van der Waals surface area contributed by atoms with Gasteiger partial charge in [0.15, 0.2) is 0 Å². The fraction of sp³-hybridized carbons (Fsp3) is 1.00. The van der Waals surface area contributed by atoms with Gasteiger partial charge in [-0.3, -0.25) is 0 Å². The fourth-order valence-corrected chi connectivity index (χ4v) is 3.83. The third-order valence-corrected chi connectivity index (χ3v) is 5.10. The van der Waals surface area contributed by atoms with Gasteiger partial charge in [0.25, 0.3) is 0 Å². The fourth-order valence-electron chi connectivity index (χ4n) is 2.60. The molecule has 1 unspecified atom stereocenters. The van der Waals surface area contributed by atoms with Crippen LogP contribution in [-0.4, -0.2) is 47.5 Å². The molecule has 1 rings (SSSR count). The van der Waals surface area contributed by atoms with E-state index in [1.165, 1.54) is 31.4 Å². The van der Waals surface area contributed by atoms with Crippen LogP contribution >= 0.6 is 11.8 Å². The van der Waals surface area contributed by atoms with Gasteiger partial charge in [-0.15, -0.1) is 0 Å². The van der Waals surface area contributed by atoms with Gasteiger partial charge in [0.1, 0.15) is 0 Å². The monoisotopic (exact) mass is 289 g/mol. The van der Waals surface area contributed by atoms with Crippen molar-refractivity contribution in [2.75, 3.05) is 25.6 Å². The molecule has 0 aromatic rings. The number of ether oxygens (including phenoxy) is 1. The lowest BCUT2D eigenvalue weighted by molar-refractivity contribution is 0.1000. The highest BCUT2D eigenvalue weighted by Gasteiger charge is 2.23. The second-order valence-corrected chi connectivity index (χ2v) is 7.57. The largest absolute Gasteiger partial charge is 0.394 e. The molecule has 0 aromatic heterocycles. The number of nitrogens with one attached hydrogen (secondary N) is 1. The van der Waals surface area contributed by atoms with E-state index in [0.717, 1.165) is 24.9 Å². The topological polar surface area (TPSA) is 41.5 Å². The maximum absolute atomic E-state index is 9.51. The number of aliphatic hydroxyl groups excluding tert-OH is 1. The summed E-state index contributed by atoms with van der Waals surface area (Å²) in [5.74, 6) is 1.24. The molecule has 1 atom stereocenters. The van der Waals surface area contributed by atoms with E-state index in [4.69, 9.17) is 4.74 Å². The van der Waals surface area contributed by atoms with Crippen molar-refractivity contribution in [1.29, 1.82) is 0 Å². The summed E-state index contributed by atoms with van der Waals surface area (Å²) in [6, 6.07) is 0.425. The Morgan fingerprint density at radius 3 is 2.58 bits per heavy atom. The van der Waals surface area contributed by atoms with Crippen molar-refractivity contribution >= 4 is 11.8 Å². The first kappa shape index (κ1) is 17.3. The van der Waals surface area contributed by atoms with Crippen LogP contribution in [0.2, 0.25) is 0 Å². The van der Waals surface area contributed by atoms with Gasteiger partial charge in [0.2, 0.25) is 0 Å². The van der Waals surface area contributed by atoms with Crippen LogP contribution in [-0.2, 0) is 4.74 Å². The molecule has 19 heavy (non-hydrogen) atoms. The first-order valence-corrected chi connectivity index (χ1v) is 8.68. The van der Waals surface area contributed by atoms with Gasteiger partial charge in [-0.2, -0.15) is 11.8 Å². The van der Waals surface area contributed by atoms with Crippen molar-refractivity contribution in [2.24, 2.45) is 0 Å². The standard InChI is InChI=1S/C15H31NO2S/c1-13(2)16-15(3,12-17)8-4-5-11-19-14-6-9-18-10-7-14/h13-14,16-17H,4-12H2,1-3H3. The zero-order valence-corrected chi connectivity index (χ0v) is 13.6. The SMILES string of the molecule is CC(C)NC(C)(CO)CCCCSC1CCOCC1. The molecule has 1 fully saturated rings. The Labute approximate surface area is 122 Å². The van der Waals surface area contributed by atoms with Crippen LogP contribution in [0.15, 0.2) is 0 Å². The molecule has 0 amide bonds. The van der Waals surface area contributed by atoms with Crippen LogP contribution in [0.4, 0.5) is 0 Å². The van der Waals surface area contributed by atoms with Gasteiger partial charge in [-0.05, 0) is 38.4 Å². The molecule has 0 spiro atoms. The Morgan fingerprint density at radius 2 is 2.00 bits per heavy atom. The lowest BCUT2D eigenvalue weighted by atomic mass is 9.95. The maximum atomic E-state index is 9.51. The van der Waals surface area contributed by atoms with Crippen molar-refractivity contribution in [2.45, 2.75) is 69.7 Å². The number of thioether (sulfide) groups is 1. The van der Waals surface area contributed by atoms with Crippen molar-refractivity contribution in [3.63, 3.8) is 0 Å². The third-order valence-electron chi connectivity index (χ3n) is 3.63. The quantitative estimate of drug-likeness (QED) is 0.641. The molecule has 0 aromatic carbocycles. The molecule has 1 aliphatic heterocycles. The Bertz CT molecular complexity index is 232. The van der Waals surface area contributed by atoms with Crippen LogP contribution < -0.4 is 5.32 Å². The summed E-state index contributed by atoms with van der Waals surface area (Å²) in [6.45, 7) is 8.50. The van der Waals surface area contributed by atoms with Gasteiger partial charge >= 0.3 is 0 Å². The predicted octanol–water partition coefficient (Wildman–Crippen LogP) is 2.82. The molecule has 3 nitrogen and oxygen atoms in total. The molecule has 0 aliphatic carbocycles. The number of rotatable bonds is 9. The summed E-state index contributed by atoms with van der Waals surface area (Å²) in [6.07, 6.45) is 5.92. The van der Waals surface area contributed by atoms with Crippen molar-refractivity contribution < 1.29 is 9.84 Å². The molecule has 0 bridgehead atoms. The lowest BCUT2D eigenvalue weighted by Gasteiger charge is -2.31. The first-order valence-electron chi connectivity index (χ1n) is 7.63. The minimum Gasteiger partial charge on any atom is -0.394 e. The zero-order chi connectivity index (χ0) is 14.1. The molecule has 2 N–H and O–H groups in total. The van der Waals surface area contributed by atoms with Crippen LogP contribution in [0.5, 0.6) is 0 Å². The molecule has 0 radical (unpaired) electrons. The highest BCUT2D eigenvalue weighted by Crippen LogP contribution is 2.24. The minimum atomic E-state index is -0.114. The van der Waals surface area contributed by atoms with Crippen LogP contribution in [0.25, 0.3) is 0 Å². The second kappa shape index (κ2) is 9.22. The molecular formula is C15H31NO2S. The summed E-state index contributed by atoms with van der Waals surface area (Å²) in [5.41, 5.74) is -0.114. The molecule has 1 aliphatic rings. The summed E-state index contributed by atoms with van der Waals surface area (Å²) in [5, 5.41) is 13.8. The Hall–Kier alpha value is 0.230. The van der Waals surface area contributed by atoms with Gasteiger partial charge in [-0.1, -0.05) is 20.3 Å². The summed E-state index contributed by atoms with van der Waals surface area (Å²) < 4.78 is 5.37. The highest BCUT2D eigenvalue weighted by molar-refractivity contribution is 7.99. The normalized spacial score (nSPS) is 20.7. The van der Waals surface area contributed by atoms with Crippen molar-refractivity contribution in [3.05, 3.63) is 0 Å². The van der Waals surface area contributed by atoms with E-state index in [-0.39, 0.29) is 12.1 Å². The van der Waals surface area contributed by atoms with E-state index in [9.17, 15) is 5.11 Å². The Morgan fingerprint density at radius 1 is 1.32 bits per heavy atom. The Balaban J connectivity index is 2.08. The van der Waals surface area contributed by atoms with Crippen molar-refractivity contribution in [1.82, 2.24) is 5.32 Å². The second-order valence-electron chi connectivity index (χ2n) is 6.16. The van der Waals surface area contributed by atoms with E-state index in [2.05, 4.69) is 37.8 Å². The lowest BCUT2D eigenvalue weighted by Crippen LogP contribution is -2.49. The van der Waals surface area contributed by atoms with E-state index in [0.29, 0.717) is 6.04 Å². The summed E-state index contributed by atoms with van der Waals surface area (Å²) >= 11 is 2.11. The number of hydrogen-bond donors (Lipinski definition) is 2. The Kier molecular flexibility index (Phi) is 8.38. The molecule has 0 saturated carbocycles. The third kappa shape index (κ3) is 7.54. The van der Waals surface area contributed by atoms with Gasteiger partial charge < -0.3 is 15.2 Å². The van der Waals surface area contributed by atoms with Crippen LogP contribution in [0.3, 0.4) is 0 Å². The van der Waals surface area contributed by atoms with Crippen molar-refractivity contribution in [3.8, 4) is 0 Å². The average molecular weight is 289 g/mol. The highest BCUT2D eigenvalue weighted by atomic mass is 32.2. The van der Waals surface area contributed by atoms with Gasteiger partial charge in [-0.25, -0.2) is 0 Å². The molecular weight excluding hydrogens is 258 g/mol. The van der Waals surface area contributed by atoms with Crippen LogP contribution in [0, 0.1) is 0 Å². The number of aliphatic hydroxyl groups is 1. The average Bonchev–Trinajstić information content (AvgIpc) is 2.39. The molecule has 1 heterocycles. The molecule has 4 heteroatoms. The minimum absolute atomic E-state index is 0.114. The number of hydrogen-bond acceptors (Lipinski definition) is 4. The zero-order valence-electron chi connectivity index (χ0n) is 12.8. The molecule has 1 saturated heterocycles. The summed E-state index contributed by atoms with van der Waals surface area (Å²) in [4.78, 5) is 0. The molecule has 114 valence electrons. The predicted molar refractivity (Wildman–Crippen MR) is 83.9 cm³/mol. The van der Waals surface area contributed by atoms with Crippen LogP contribution in [0.1, 0.15) is 52.9 Å². The van der Waals surface area contributed by atoms with E-state index < -0.39 is 0 Å². The van der Waals surface area contributed by atoms with E-state index in [1.54, 1.807) is 0 Å².